The van der Waals surface area contributed by atoms with Gasteiger partial charge in [0, 0.05) is 19.0 Å². The van der Waals surface area contributed by atoms with E-state index in [4.69, 9.17) is 20.6 Å². The second-order valence-corrected chi connectivity index (χ2v) is 5.14. The van der Waals surface area contributed by atoms with Gasteiger partial charge in [-0.2, -0.15) is 0 Å². The van der Waals surface area contributed by atoms with Crippen LogP contribution in [0.3, 0.4) is 0 Å². The molecule has 0 bridgehead atoms. The lowest BCUT2D eigenvalue weighted by molar-refractivity contribution is 0.271. The summed E-state index contributed by atoms with van der Waals surface area (Å²) < 4.78 is 16.6. The first-order valence-corrected chi connectivity index (χ1v) is 7.33. The van der Waals surface area contributed by atoms with Gasteiger partial charge in [0.25, 0.3) is 0 Å². The van der Waals surface area contributed by atoms with Gasteiger partial charge in [0.15, 0.2) is 11.5 Å². The largest absolute Gasteiger partial charge is 0.493 e. The van der Waals surface area contributed by atoms with Crippen molar-refractivity contribution < 1.29 is 14.2 Å². The molecule has 21 heavy (non-hydrogen) atoms. The molecule has 2 rings (SSSR count). The summed E-state index contributed by atoms with van der Waals surface area (Å²) in [5.41, 5.74) is 1.13. The summed E-state index contributed by atoms with van der Waals surface area (Å²) in [4.78, 5) is 0. The molecule has 0 atom stereocenters. The molecule has 0 unspecified atom stereocenters. The van der Waals surface area contributed by atoms with Gasteiger partial charge < -0.3 is 19.5 Å². The third-order valence-electron chi connectivity index (χ3n) is 3.40. The van der Waals surface area contributed by atoms with Crippen molar-refractivity contribution in [3.05, 3.63) is 17.7 Å². The smallest absolute Gasteiger partial charge is 0.203 e. The highest BCUT2D eigenvalue weighted by Gasteiger charge is 2.21. The van der Waals surface area contributed by atoms with Crippen LogP contribution in [-0.2, 0) is 6.54 Å². The molecule has 1 aromatic rings. The van der Waals surface area contributed by atoms with Gasteiger partial charge in [-0.15, -0.1) is 12.3 Å². The molecular formula is C17H23NO3. The normalized spacial score (nSPS) is 13.6. The zero-order valence-corrected chi connectivity index (χ0v) is 12.8. The summed E-state index contributed by atoms with van der Waals surface area (Å²) in [5, 5.41) is 3.48. The summed E-state index contributed by atoms with van der Waals surface area (Å²) >= 11 is 0. The SMILES string of the molecule is C#CCCCOc1c(OC)cc(CNC2CC2)cc1OC. The topological polar surface area (TPSA) is 39.7 Å². The predicted octanol–water partition coefficient (Wildman–Crippen LogP) is 2.75. The van der Waals surface area contributed by atoms with Crippen LogP contribution in [0.1, 0.15) is 31.2 Å². The zero-order chi connectivity index (χ0) is 15.1. The molecule has 1 N–H and O–H groups in total. The van der Waals surface area contributed by atoms with E-state index in [0.717, 1.165) is 18.5 Å². The molecule has 0 saturated heterocycles. The maximum Gasteiger partial charge on any atom is 0.203 e. The molecular weight excluding hydrogens is 266 g/mol. The molecule has 0 heterocycles. The molecule has 1 aliphatic rings. The Bertz CT molecular complexity index is 478. The van der Waals surface area contributed by atoms with E-state index in [1.165, 1.54) is 12.8 Å². The Morgan fingerprint density at radius 1 is 1.24 bits per heavy atom. The summed E-state index contributed by atoms with van der Waals surface area (Å²) in [6.45, 7) is 1.37. The van der Waals surface area contributed by atoms with Gasteiger partial charge in [-0.3, -0.25) is 0 Å². The van der Waals surface area contributed by atoms with Gasteiger partial charge in [0.1, 0.15) is 0 Å². The number of hydrogen-bond donors (Lipinski definition) is 1. The fraction of sp³-hybridized carbons (Fsp3) is 0.529. The van der Waals surface area contributed by atoms with E-state index in [0.29, 0.717) is 36.3 Å². The zero-order valence-electron chi connectivity index (χ0n) is 12.8. The fourth-order valence-electron chi connectivity index (χ4n) is 2.08. The van der Waals surface area contributed by atoms with Gasteiger partial charge in [-0.1, -0.05) is 0 Å². The average molecular weight is 289 g/mol. The predicted molar refractivity (Wildman–Crippen MR) is 83.0 cm³/mol. The van der Waals surface area contributed by atoms with Crippen molar-refractivity contribution in [1.29, 1.82) is 0 Å². The van der Waals surface area contributed by atoms with E-state index < -0.39 is 0 Å². The van der Waals surface area contributed by atoms with Crippen molar-refractivity contribution in [3.63, 3.8) is 0 Å². The molecule has 4 heteroatoms. The maximum absolute atomic E-state index is 5.78. The quantitative estimate of drug-likeness (QED) is 0.560. The number of benzene rings is 1. The Balaban J connectivity index is 2.07. The van der Waals surface area contributed by atoms with Crippen molar-refractivity contribution in [2.24, 2.45) is 0 Å². The van der Waals surface area contributed by atoms with Gasteiger partial charge in [0.2, 0.25) is 5.75 Å². The molecule has 0 aromatic heterocycles. The maximum atomic E-state index is 5.78. The summed E-state index contributed by atoms with van der Waals surface area (Å²) in [5.74, 6) is 4.64. The van der Waals surface area contributed by atoms with Crippen LogP contribution in [0.25, 0.3) is 0 Å². The van der Waals surface area contributed by atoms with Crippen LogP contribution in [0.5, 0.6) is 17.2 Å². The highest BCUT2D eigenvalue weighted by Crippen LogP contribution is 2.38. The summed E-state index contributed by atoms with van der Waals surface area (Å²) in [6.07, 6.45) is 9.29. The Kier molecular flexibility index (Phi) is 5.77. The number of terminal acetylenes is 1. The monoisotopic (exact) mass is 289 g/mol. The second-order valence-electron chi connectivity index (χ2n) is 5.14. The van der Waals surface area contributed by atoms with Gasteiger partial charge in [0.05, 0.1) is 20.8 Å². The van der Waals surface area contributed by atoms with Crippen LogP contribution in [0.2, 0.25) is 0 Å². The van der Waals surface area contributed by atoms with E-state index in [1.54, 1.807) is 14.2 Å². The molecule has 0 radical (unpaired) electrons. The number of unbranched alkanes of at least 4 members (excludes halogenated alkanes) is 1. The van der Waals surface area contributed by atoms with E-state index in [1.807, 2.05) is 12.1 Å². The molecule has 0 amide bonds. The minimum atomic E-state index is 0.552. The fourth-order valence-corrected chi connectivity index (χ4v) is 2.08. The number of ether oxygens (including phenoxy) is 3. The van der Waals surface area contributed by atoms with Gasteiger partial charge in [-0.05, 0) is 37.0 Å². The summed E-state index contributed by atoms with van der Waals surface area (Å²) in [6, 6.07) is 4.66. The van der Waals surface area contributed by atoms with Crippen LogP contribution in [0.4, 0.5) is 0 Å². The van der Waals surface area contributed by atoms with Crippen molar-refractivity contribution in [3.8, 4) is 29.6 Å². The number of rotatable bonds is 9. The molecule has 1 fully saturated rings. The van der Waals surface area contributed by atoms with Gasteiger partial charge in [-0.25, -0.2) is 0 Å². The van der Waals surface area contributed by atoms with E-state index in [2.05, 4.69) is 11.2 Å². The summed E-state index contributed by atoms with van der Waals surface area (Å²) in [7, 11) is 3.28. The lowest BCUT2D eigenvalue weighted by atomic mass is 10.1. The van der Waals surface area contributed by atoms with Crippen molar-refractivity contribution in [2.75, 3.05) is 20.8 Å². The third-order valence-corrected chi connectivity index (χ3v) is 3.40. The van der Waals surface area contributed by atoms with Crippen molar-refractivity contribution in [2.45, 2.75) is 38.3 Å². The van der Waals surface area contributed by atoms with Crippen LogP contribution < -0.4 is 19.5 Å². The first kappa shape index (κ1) is 15.5. The molecule has 1 aliphatic carbocycles. The minimum absolute atomic E-state index is 0.552. The lowest BCUT2D eigenvalue weighted by Gasteiger charge is -2.16. The van der Waals surface area contributed by atoms with E-state index in [9.17, 15) is 0 Å². The highest BCUT2D eigenvalue weighted by atomic mass is 16.5. The number of nitrogens with one attached hydrogen (secondary N) is 1. The Labute approximate surface area is 126 Å². The number of hydrogen-bond acceptors (Lipinski definition) is 4. The molecule has 4 nitrogen and oxygen atoms in total. The first-order chi connectivity index (χ1) is 10.3. The van der Waals surface area contributed by atoms with Crippen molar-refractivity contribution in [1.82, 2.24) is 5.32 Å². The van der Waals surface area contributed by atoms with E-state index in [-0.39, 0.29) is 0 Å². The average Bonchev–Trinajstić information content (AvgIpc) is 3.33. The highest BCUT2D eigenvalue weighted by molar-refractivity contribution is 5.53. The molecule has 0 spiro atoms. The van der Waals surface area contributed by atoms with Gasteiger partial charge >= 0.3 is 0 Å². The minimum Gasteiger partial charge on any atom is -0.493 e. The molecule has 1 saturated carbocycles. The Morgan fingerprint density at radius 3 is 2.43 bits per heavy atom. The standard InChI is InChI=1S/C17H23NO3/c1-4-5-6-9-21-17-15(19-2)10-13(11-16(17)20-3)12-18-14-7-8-14/h1,10-11,14,18H,5-9,12H2,2-3H3. The lowest BCUT2D eigenvalue weighted by Crippen LogP contribution is -2.15. The van der Waals surface area contributed by atoms with Crippen LogP contribution in [0, 0.1) is 12.3 Å². The van der Waals surface area contributed by atoms with Crippen molar-refractivity contribution >= 4 is 0 Å². The number of methoxy groups -OCH3 is 2. The van der Waals surface area contributed by atoms with Crippen LogP contribution in [0.15, 0.2) is 12.1 Å². The molecule has 114 valence electrons. The van der Waals surface area contributed by atoms with E-state index >= 15 is 0 Å². The third kappa shape index (κ3) is 4.57. The Morgan fingerprint density at radius 2 is 1.90 bits per heavy atom. The first-order valence-electron chi connectivity index (χ1n) is 7.33. The second kappa shape index (κ2) is 7.80. The van der Waals surface area contributed by atoms with Crippen LogP contribution in [-0.4, -0.2) is 26.9 Å². The molecule has 1 aromatic carbocycles. The van der Waals surface area contributed by atoms with Crippen LogP contribution >= 0.6 is 0 Å². The Hall–Kier alpha value is -1.86. The molecule has 0 aliphatic heterocycles.